The molecule has 0 aliphatic rings. The molecule has 0 unspecified atom stereocenters. The molecule has 1 N–H and O–H groups in total. The third kappa shape index (κ3) is 4.21. The van der Waals surface area contributed by atoms with Crippen molar-refractivity contribution in [2.45, 2.75) is 18.7 Å². The molecule has 3 aromatic carbocycles. The van der Waals surface area contributed by atoms with E-state index >= 15 is 0 Å². The minimum atomic E-state index is -3.86. The number of benzene rings is 3. The third-order valence-electron chi connectivity index (χ3n) is 5.03. The van der Waals surface area contributed by atoms with E-state index in [4.69, 9.17) is 11.6 Å². The molecule has 0 aliphatic carbocycles. The number of carbonyl (C=O) groups excluding carboxylic acids is 1. The van der Waals surface area contributed by atoms with Crippen molar-refractivity contribution < 1.29 is 13.2 Å². The first-order chi connectivity index (χ1) is 15.2. The molecular weight excluding hydrogens is 466 g/mol. The van der Waals surface area contributed by atoms with Crippen LogP contribution in [0.2, 0.25) is 5.02 Å². The number of aromatic nitrogens is 1. The monoisotopic (exact) mass is 485 g/mol. The van der Waals surface area contributed by atoms with Crippen molar-refractivity contribution in [3.63, 3.8) is 0 Å². The van der Waals surface area contributed by atoms with Gasteiger partial charge in [0.2, 0.25) is 0 Å². The number of halogens is 1. The van der Waals surface area contributed by atoms with E-state index in [1.165, 1.54) is 23.5 Å². The zero-order chi connectivity index (χ0) is 23.0. The summed E-state index contributed by atoms with van der Waals surface area (Å²) in [5, 5.41) is 0.589. The summed E-state index contributed by atoms with van der Waals surface area (Å²) in [6, 6.07) is 16.6. The lowest BCUT2D eigenvalue weighted by molar-refractivity contribution is 0.0999. The molecule has 0 radical (unpaired) electrons. The zero-order valence-corrected chi connectivity index (χ0v) is 20.0. The highest BCUT2D eigenvalue weighted by atomic mass is 35.5. The van der Waals surface area contributed by atoms with Crippen LogP contribution in [0.4, 0.5) is 5.69 Å². The highest BCUT2D eigenvalue weighted by Gasteiger charge is 2.19. The summed E-state index contributed by atoms with van der Waals surface area (Å²) < 4.78 is 30.8. The summed E-state index contributed by atoms with van der Waals surface area (Å²) in [5.74, 6) is -0.553. The van der Waals surface area contributed by atoms with Gasteiger partial charge in [-0.1, -0.05) is 58.8 Å². The number of hydrogen-bond donors (Lipinski definition) is 1. The molecular formula is C23H20ClN3O3S2. The lowest BCUT2D eigenvalue weighted by Crippen LogP contribution is -2.17. The van der Waals surface area contributed by atoms with Crippen molar-refractivity contribution in [3.8, 4) is 0 Å². The Morgan fingerprint density at radius 2 is 1.72 bits per heavy atom. The van der Waals surface area contributed by atoms with Crippen LogP contribution >= 0.6 is 22.9 Å². The number of hydrogen-bond acceptors (Lipinski definition) is 4. The molecule has 32 heavy (non-hydrogen) atoms. The second-order valence-electron chi connectivity index (χ2n) is 7.37. The van der Waals surface area contributed by atoms with Crippen LogP contribution in [0.25, 0.3) is 10.2 Å². The van der Waals surface area contributed by atoms with E-state index in [0.29, 0.717) is 9.82 Å². The number of aryl methyl sites for hydroxylation is 3. The molecule has 0 fully saturated rings. The summed E-state index contributed by atoms with van der Waals surface area (Å²) >= 11 is 7.64. The maximum atomic E-state index is 13.1. The van der Waals surface area contributed by atoms with Crippen molar-refractivity contribution in [1.82, 2.24) is 4.57 Å². The molecule has 0 saturated heterocycles. The predicted molar refractivity (Wildman–Crippen MR) is 129 cm³/mol. The molecule has 4 aromatic rings. The minimum absolute atomic E-state index is 0.114. The molecule has 1 amide bonds. The number of amides is 1. The molecule has 164 valence electrons. The van der Waals surface area contributed by atoms with Crippen molar-refractivity contribution in [2.75, 3.05) is 4.72 Å². The second-order valence-corrected chi connectivity index (χ2v) is 10.4. The van der Waals surface area contributed by atoms with E-state index in [9.17, 15) is 13.2 Å². The Morgan fingerprint density at radius 1 is 1.03 bits per heavy atom. The van der Waals surface area contributed by atoms with Gasteiger partial charge in [-0.2, -0.15) is 4.99 Å². The number of fused-ring (bicyclic) bond motifs is 1. The number of carbonyl (C=O) groups is 1. The molecule has 0 spiro atoms. The van der Waals surface area contributed by atoms with E-state index < -0.39 is 15.9 Å². The Balaban J connectivity index is 1.75. The Bertz CT molecular complexity index is 1520. The maximum absolute atomic E-state index is 13.1. The fraction of sp³-hybridized carbons (Fsp3) is 0.130. The molecule has 0 aliphatic heterocycles. The van der Waals surface area contributed by atoms with E-state index in [1.807, 2.05) is 37.6 Å². The first-order valence-electron chi connectivity index (χ1n) is 9.69. The number of thiazole rings is 1. The van der Waals surface area contributed by atoms with E-state index in [-0.39, 0.29) is 16.1 Å². The first kappa shape index (κ1) is 22.3. The quantitative estimate of drug-likeness (QED) is 0.439. The molecule has 0 bridgehead atoms. The zero-order valence-electron chi connectivity index (χ0n) is 17.6. The van der Waals surface area contributed by atoms with Crippen molar-refractivity contribution in [2.24, 2.45) is 12.0 Å². The van der Waals surface area contributed by atoms with Crippen LogP contribution in [0.15, 0.2) is 70.6 Å². The smallest absolute Gasteiger partial charge is 0.281 e. The van der Waals surface area contributed by atoms with Crippen LogP contribution in [-0.2, 0) is 17.1 Å². The fourth-order valence-electron chi connectivity index (χ4n) is 3.34. The van der Waals surface area contributed by atoms with E-state index in [2.05, 4.69) is 9.71 Å². The molecule has 6 nitrogen and oxygen atoms in total. The number of rotatable bonds is 4. The molecule has 1 aromatic heterocycles. The third-order valence-corrected chi connectivity index (χ3v) is 8.00. The average Bonchev–Trinajstić information content (AvgIpc) is 3.08. The van der Waals surface area contributed by atoms with Gasteiger partial charge in [-0.15, -0.1) is 0 Å². The van der Waals surface area contributed by atoms with Crippen LogP contribution in [0.3, 0.4) is 0 Å². The largest absolute Gasteiger partial charge is 0.319 e. The summed E-state index contributed by atoms with van der Waals surface area (Å²) in [6.07, 6.45) is 0. The lowest BCUT2D eigenvalue weighted by atomic mass is 10.2. The predicted octanol–water partition coefficient (Wildman–Crippen LogP) is 5.05. The van der Waals surface area contributed by atoms with Crippen molar-refractivity contribution in [3.05, 3.63) is 87.2 Å². The van der Waals surface area contributed by atoms with Gasteiger partial charge in [0.15, 0.2) is 4.80 Å². The van der Waals surface area contributed by atoms with Gasteiger partial charge in [-0.05, 0) is 49.7 Å². The number of nitrogens with one attached hydrogen (secondary N) is 1. The van der Waals surface area contributed by atoms with Gasteiger partial charge in [0.1, 0.15) is 0 Å². The van der Waals surface area contributed by atoms with E-state index in [1.54, 1.807) is 36.4 Å². The summed E-state index contributed by atoms with van der Waals surface area (Å²) in [4.78, 5) is 17.9. The van der Waals surface area contributed by atoms with Crippen LogP contribution < -0.4 is 9.52 Å². The van der Waals surface area contributed by atoms with Gasteiger partial charge >= 0.3 is 0 Å². The first-order valence-corrected chi connectivity index (χ1v) is 12.4. The Hall–Kier alpha value is -2.94. The van der Waals surface area contributed by atoms with Gasteiger partial charge in [-0.25, -0.2) is 8.42 Å². The lowest BCUT2D eigenvalue weighted by Gasteiger charge is -2.11. The summed E-state index contributed by atoms with van der Waals surface area (Å²) in [7, 11) is -2.04. The Morgan fingerprint density at radius 3 is 2.41 bits per heavy atom. The Labute approximate surface area is 194 Å². The minimum Gasteiger partial charge on any atom is -0.319 e. The topological polar surface area (TPSA) is 80.5 Å². The van der Waals surface area contributed by atoms with E-state index in [0.717, 1.165) is 21.3 Å². The number of anilines is 1. The number of nitrogens with zero attached hydrogens (tertiary/aromatic N) is 2. The van der Waals surface area contributed by atoms with Crippen LogP contribution in [0, 0.1) is 13.8 Å². The molecule has 1 heterocycles. The van der Waals surface area contributed by atoms with Gasteiger partial charge < -0.3 is 4.57 Å². The maximum Gasteiger partial charge on any atom is 0.281 e. The molecule has 4 rings (SSSR count). The van der Waals surface area contributed by atoms with Crippen molar-refractivity contribution >= 4 is 54.8 Å². The van der Waals surface area contributed by atoms with Crippen LogP contribution in [0.1, 0.15) is 21.5 Å². The normalized spacial score (nSPS) is 12.3. The summed E-state index contributed by atoms with van der Waals surface area (Å²) in [5.41, 5.74) is 3.19. The SMILES string of the molecule is Cc1ccc(S(=O)(=O)Nc2ccccc2C(=O)N=c2sc3c(Cl)ccc(C)c3n2C)cc1. The number of sulfonamides is 1. The van der Waals surface area contributed by atoms with Gasteiger partial charge in [0.25, 0.3) is 15.9 Å². The van der Waals surface area contributed by atoms with Gasteiger partial charge in [0, 0.05) is 7.05 Å². The average molecular weight is 486 g/mol. The second kappa shape index (κ2) is 8.54. The molecule has 0 atom stereocenters. The van der Waals surface area contributed by atoms with Crippen LogP contribution in [-0.4, -0.2) is 18.9 Å². The summed E-state index contributed by atoms with van der Waals surface area (Å²) in [6.45, 7) is 3.84. The van der Waals surface area contributed by atoms with Gasteiger partial charge in [0.05, 0.1) is 31.4 Å². The fourth-order valence-corrected chi connectivity index (χ4v) is 5.79. The molecule has 9 heteroatoms. The van der Waals surface area contributed by atoms with Crippen molar-refractivity contribution in [1.29, 1.82) is 0 Å². The van der Waals surface area contributed by atoms with Crippen LogP contribution in [0.5, 0.6) is 0 Å². The molecule has 0 saturated carbocycles. The Kier molecular flexibility index (Phi) is 5.94. The van der Waals surface area contributed by atoms with Gasteiger partial charge in [-0.3, -0.25) is 9.52 Å². The number of para-hydroxylation sites is 1. The standard InChI is InChI=1S/C23H20ClN3O3S2/c1-14-8-11-16(12-9-14)32(29,30)26-19-7-5-4-6-17(19)22(28)25-23-27(3)20-15(2)10-13-18(24)21(20)31-23/h4-13,26H,1-3H3. The highest BCUT2D eigenvalue weighted by molar-refractivity contribution is 7.92. The highest BCUT2D eigenvalue weighted by Crippen LogP contribution is 2.28.